The van der Waals surface area contributed by atoms with Crippen molar-refractivity contribution in [3.05, 3.63) is 16.1 Å². The lowest BCUT2D eigenvalue weighted by atomic mass is 10.1. The van der Waals surface area contributed by atoms with Crippen molar-refractivity contribution in [3.63, 3.8) is 0 Å². The van der Waals surface area contributed by atoms with Gasteiger partial charge in [0, 0.05) is 11.9 Å². The predicted molar refractivity (Wildman–Crippen MR) is 69.0 cm³/mol. The number of hydrogen-bond donors (Lipinski definition) is 1. The maximum absolute atomic E-state index is 11.7. The van der Waals surface area contributed by atoms with E-state index in [0.29, 0.717) is 13.2 Å². The molecule has 0 bridgehead atoms. The van der Waals surface area contributed by atoms with Crippen LogP contribution in [0.5, 0.6) is 0 Å². The Labute approximate surface area is 106 Å². The van der Waals surface area contributed by atoms with Crippen LogP contribution >= 0.6 is 11.3 Å². The summed E-state index contributed by atoms with van der Waals surface area (Å²) in [6.45, 7) is 6.90. The second kappa shape index (κ2) is 7.40. The van der Waals surface area contributed by atoms with E-state index >= 15 is 0 Å². The van der Waals surface area contributed by atoms with E-state index in [4.69, 9.17) is 4.74 Å². The minimum atomic E-state index is -0.220. The molecule has 1 heterocycles. The molecule has 0 radical (unpaired) electrons. The first kappa shape index (κ1) is 14.1. The maximum Gasteiger partial charge on any atom is 0.323 e. The fraction of sp³-hybridized carbons (Fsp3) is 0.667. The molecular weight excluding hydrogens is 236 g/mol. The monoisotopic (exact) mass is 256 g/mol. The SMILES string of the molecule is CCCC(NCc1csc(C)n1)C(=O)OCC. The third-order valence-electron chi connectivity index (χ3n) is 2.34. The smallest absolute Gasteiger partial charge is 0.323 e. The van der Waals surface area contributed by atoms with Crippen LogP contribution < -0.4 is 5.32 Å². The number of esters is 1. The average Bonchev–Trinajstić information content (AvgIpc) is 2.70. The van der Waals surface area contributed by atoms with Crippen LogP contribution in [-0.4, -0.2) is 23.6 Å². The van der Waals surface area contributed by atoms with Crippen LogP contribution in [-0.2, 0) is 16.1 Å². The van der Waals surface area contributed by atoms with Gasteiger partial charge in [0.1, 0.15) is 6.04 Å². The molecule has 0 aliphatic carbocycles. The third kappa shape index (κ3) is 4.83. The van der Waals surface area contributed by atoms with Gasteiger partial charge in [-0.3, -0.25) is 10.1 Å². The van der Waals surface area contributed by atoms with Crippen LogP contribution in [0, 0.1) is 6.92 Å². The fourth-order valence-corrected chi connectivity index (χ4v) is 2.16. The Morgan fingerprint density at radius 2 is 2.35 bits per heavy atom. The van der Waals surface area contributed by atoms with Crippen LogP contribution in [0.25, 0.3) is 0 Å². The third-order valence-corrected chi connectivity index (χ3v) is 3.17. The standard InChI is InChI=1S/C12H20N2O2S/c1-4-6-11(12(15)16-5-2)13-7-10-8-17-9(3)14-10/h8,11,13H,4-7H2,1-3H3. The quantitative estimate of drug-likeness (QED) is 0.760. The molecule has 1 rings (SSSR count). The minimum Gasteiger partial charge on any atom is -0.465 e. The number of ether oxygens (including phenoxy) is 1. The average molecular weight is 256 g/mol. The normalized spacial score (nSPS) is 12.4. The number of aromatic nitrogens is 1. The molecule has 0 amide bonds. The van der Waals surface area contributed by atoms with Crippen molar-refractivity contribution in [3.8, 4) is 0 Å². The van der Waals surface area contributed by atoms with Gasteiger partial charge in [-0.25, -0.2) is 4.98 Å². The Kier molecular flexibility index (Phi) is 6.15. The molecule has 0 spiro atoms. The van der Waals surface area contributed by atoms with E-state index in [1.165, 1.54) is 0 Å². The largest absolute Gasteiger partial charge is 0.465 e. The van der Waals surface area contributed by atoms with Crippen molar-refractivity contribution < 1.29 is 9.53 Å². The van der Waals surface area contributed by atoms with Gasteiger partial charge in [-0.15, -0.1) is 11.3 Å². The van der Waals surface area contributed by atoms with Crippen LogP contribution in [0.3, 0.4) is 0 Å². The molecule has 0 aliphatic rings. The summed E-state index contributed by atoms with van der Waals surface area (Å²) < 4.78 is 5.03. The number of rotatable bonds is 7. The molecule has 0 aromatic carbocycles. The maximum atomic E-state index is 11.7. The van der Waals surface area contributed by atoms with Crippen LogP contribution in [0.4, 0.5) is 0 Å². The van der Waals surface area contributed by atoms with Crippen molar-refractivity contribution in [2.24, 2.45) is 0 Å². The Hall–Kier alpha value is -0.940. The molecule has 96 valence electrons. The van der Waals surface area contributed by atoms with Crippen LogP contribution in [0.15, 0.2) is 5.38 Å². The molecule has 5 heteroatoms. The van der Waals surface area contributed by atoms with E-state index < -0.39 is 0 Å². The first-order valence-electron chi connectivity index (χ1n) is 5.98. The zero-order valence-corrected chi connectivity index (χ0v) is 11.5. The predicted octanol–water partition coefficient (Wildman–Crippen LogP) is 2.27. The van der Waals surface area contributed by atoms with Gasteiger partial charge < -0.3 is 4.74 Å². The summed E-state index contributed by atoms with van der Waals surface area (Å²) in [7, 11) is 0. The molecule has 1 atom stereocenters. The Morgan fingerprint density at radius 1 is 1.59 bits per heavy atom. The fourth-order valence-electron chi connectivity index (χ4n) is 1.55. The molecule has 0 aliphatic heterocycles. The van der Waals surface area contributed by atoms with Crippen molar-refractivity contribution in [1.29, 1.82) is 0 Å². The minimum absolute atomic E-state index is 0.165. The van der Waals surface area contributed by atoms with Gasteiger partial charge in [0.15, 0.2) is 0 Å². The molecule has 17 heavy (non-hydrogen) atoms. The highest BCUT2D eigenvalue weighted by atomic mass is 32.1. The number of thiazole rings is 1. The lowest BCUT2D eigenvalue weighted by molar-refractivity contribution is -0.145. The zero-order chi connectivity index (χ0) is 12.7. The number of hydrogen-bond acceptors (Lipinski definition) is 5. The molecule has 0 fully saturated rings. The van der Waals surface area contributed by atoms with Gasteiger partial charge in [-0.05, 0) is 20.3 Å². The van der Waals surface area contributed by atoms with Gasteiger partial charge in [-0.2, -0.15) is 0 Å². The summed E-state index contributed by atoms with van der Waals surface area (Å²) in [5, 5.41) is 6.26. The van der Waals surface area contributed by atoms with Gasteiger partial charge in [-0.1, -0.05) is 13.3 Å². The van der Waals surface area contributed by atoms with Crippen molar-refractivity contribution in [2.75, 3.05) is 6.61 Å². The van der Waals surface area contributed by atoms with E-state index in [9.17, 15) is 4.79 Å². The van der Waals surface area contributed by atoms with Gasteiger partial charge >= 0.3 is 5.97 Å². The van der Waals surface area contributed by atoms with E-state index in [1.54, 1.807) is 11.3 Å². The summed E-state index contributed by atoms with van der Waals surface area (Å²) >= 11 is 1.62. The summed E-state index contributed by atoms with van der Waals surface area (Å²) in [6, 6.07) is -0.220. The number of aryl methyl sites for hydroxylation is 1. The van der Waals surface area contributed by atoms with Gasteiger partial charge in [0.25, 0.3) is 0 Å². The molecule has 1 aromatic rings. The summed E-state index contributed by atoms with van der Waals surface area (Å²) in [5.74, 6) is -0.165. The molecule has 1 unspecified atom stereocenters. The molecule has 0 saturated heterocycles. The van der Waals surface area contributed by atoms with Gasteiger partial charge in [0.2, 0.25) is 0 Å². The summed E-state index contributed by atoms with van der Waals surface area (Å²) in [4.78, 5) is 16.0. The first-order valence-corrected chi connectivity index (χ1v) is 6.86. The number of carbonyl (C=O) groups excluding carboxylic acids is 1. The number of nitrogens with zero attached hydrogens (tertiary/aromatic N) is 1. The highest BCUT2D eigenvalue weighted by molar-refractivity contribution is 7.09. The lowest BCUT2D eigenvalue weighted by Gasteiger charge is -2.15. The highest BCUT2D eigenvalue weighted by Crippen LogP contribution is 2.08. The van der Waals surface area contributed by atoms with Gasteiger partial charge in [0.05, 0.1) is 17.3 Å². The van der Waals surface area contributed by atoms with E-state index in [2.05, 4.69) is 17.2 Å². The second-order valence-corrected chi connectivity index (χ2v) is 4.89. The Bertz CT molecular complexity index is 352. The van der Waals surface area contributed by atoms with Crippen LogP contribution in [0.2, 0.25) is 0 Å². The van der Waals surface area contributed by atoms with E-state index in [-0.39, 0.29) is 12.0 Å². The Morgan fingerprint density at radius 3 is 2.88 bits per heavy atom. The Balaban J connectivity index is 2.46. The van der Waals surface area contributed by atoms with E-state index in [0.717, 1.165) is 23.5 Å². The second-order valence-electron chi connectivity index (χ2n) is 3.83. The molecule has 0 saturated carbocycles. The zero-order valence-electron chi connectivity index (χ0n) is 10.7. The van der Waals surface area contributed by atoms with Crippen molar-refractivity contribution in [2.45, 2.75) is 46.2 Å². The first-order chi connectivity index (χ1) is 8.17. The molecular formula is C12H20N2O2S. The van der Waals surface area contributed by atoms with Crippen LogP contribution in [0.1, 0.15) is 37.4 Å². The van der Waals surface area contributed by atoms with Crippen molar-refractivity contribution >= 4 is 17.3 Å². The number of nitrogens with one attached hydrogen (secondary N) is 1. The van der Waals surface area contributed by atoms with Crippen molar-refractivity contribution in [1.82, 2.24) is 10.3 Å². The molecule has 1 aromatic heterocycles. The molecule has 4 nitrogen and oxygen atoms in total. The highest BCUT2D eigenvalue weighted by Gasteiger charge is 2.18. The molecule has 1 N–H and O–H groups in total. The topological polar surface area (TPSA) is 51.2 Å². The summed E-state index contributed by atoms with van der Waals surface area (Å²) in [5.41, 5.74) is 0.984. The van der Waals surface area contributed by atoms with E-state index in [1.807, 2.05) is 19.2 Å². The number of carbonyl (C=O) groups is 1. The summed E-state index contributed by atoms with van der Waals surface area (Å²) in [6.07, 6.45) is 1.74. The lowest BCUT2D eigenvalue weighted by Crippen LogP contribution is -2.37.